The van der Waals surface area contributed by atoms with Crippen LogP contribution in [0.15, 0.2) is 0 Å². The molecule has 1 amide bonds. The largest absolute Gasteiger partial charge is 0.401 e. The monoisotopic (exact) mass is 294 g/mol. The van der Waals surface area contributed by atoms with Crippen LogP contribution >= 0.6 is 0 Å². The zero-order chi connectivity index (χ0) is 15.0. The van der Waals surface area contributed by atoms with Crippen LogP contribution in [-0.4, -0.2) is 53.4 Å². The lowest BCUT2D eigenvalue weighted by molar-refractivity contribution is -0.152. The van der Waals surface area contributed by atoms with E-state index in [2.05, 4.69) is 5.32 Å². The van der Waals surface area contributed by atoms with E-state index in [1.54, 1.807) is 6.92 Å². The van der Waals surface area contributed by atoms with Crippen LogP contribution in [0.1, 0.15) is 32.6 Å². The molecule has 7 heteroatoms. The number of amides is 1. The second-order valence-corrected chi connectivity index (χ2v) is 6.30. The van der Waals surface area contributed by atoms with Crippen LogP contribution in [0.25, 0.3) is 0 Å². The molecule has 116 valence electrons. The third kappa shape index (κ3) is 4.34. The van der Waals surface area contributed by atoms with E-state index >= 15 is 0 Å². The lowest BCUT2D eigenvalue weighted by Crippen LogP contribution is -2.56. The molecule has 1 aliphatic heterocycles. The summed E-state index contributed by atoms with van der Waals surface area (Å²) in [6, 6.07) is -0.0458. The predicted molar refractivity (Wildman–Crippen MR) is 67.0 cm³/mol. The average molecular weight is 294 g/mol. The zero-order valence-electron chi connectivity index (χ0n) is 11.5. The Labute approximate surface area is 116 Å². The number of carbonyl (C=O) groups is 1. The molecule has 20 heavy (non-hydrogen) atoms. The molecular weight excluding hydrogens is 273 g/mol. The fourth-order valence-electron chi connectivity index (χ4n) is 3.09. The van der Waals surface area contributed by atoms with Crippen LogP contribution in [0.3, 0.4) is 0 Å². The Balaban J connectivity index is 1.78. The maximum atomic E-state index is 12.4. The molecule has 2 aliphatic rings. The van der Waals surface area contributed by atoms with Crippen LogP contribution < -0.4 is 5.32 Å². The molecule has 1 saturated heterocycles. The minimum Gasteiger partial charge on any atom is -0.390 e. The maximum absolute atomic E-state index is 12.4. The summed E-state index contributed by atoms with van der Waals surface area (Å²) in [5.41, 5.74) is -0.715. The number of hydrogen-bond donors (Lipinski definition) is 2. The van der Waals surface area contributed by atoms with Gasteiger partial charge in [0, 0.05) is 12.6 Å². The van der Waals surface area contributed by atoms with Crippen LogP contribution in [0, 0.1) is 5.92 Å². The van der Waals surface area contributed by atoms with E-state index in [0.29, 0.717) is 32.2 Å². The SMILES string of the molecule is CC1(O)CC(NC(=O)C2CCCN(CC(F)(F)F)C2)C1. The molecule has 0 radical (unpaired) electrons. The number of hydrogen-bond acceptors (Lipinski definition) is 3. The first-order chi connectivity index (χ1) is 9.15. The summed E-state index contributed by atoms with van der Waals surface area (Å²) in [5, 5.41) is 12.4. The summed E-state index contributed by atoms with van der Waals surface area (Å²) in [4.78, 5) is 13.3. The molecule has 1 unspecified atom stereocenters. The Morgan fingerprint density at radius 1 is 1.45 bits per heavy atom. The van der Waals surface area contributed by atoms with Gasteiger partial charge in [0.05, 0.1) is 18.1 Å². The number of alkyl halides is 3. The Bertz CT molecular complexity index is 363. The van der Waals surface area contributed by atoms with E-state index in [-0.39, 0.29) is 24.4 Å². The van der Waals surface area contributed by atoms with Crippen molar-refractivity contribution in [1.82, 2.24) is 10.2 Å². The van der Waals surface area contributed by atoms with Crippen molar-refractivity contribution in [3.63, 3.8) is 0 Å². The molecule has 2 N–H and O–H groups in total. The highest BCUT2D eigenvalue weighted by Gasteiger charge is 2.40. The molecule has 0 spiro atoms. The van der Waals surface area contributed by atoms with Gasteiger partial charge in [0.2, 0.25) is 5.91 Å². The van der Waals surface area contributed by atoms with Gasteiger partial charge in [-0.25, -0.2) is 0 Å². The number of piperidine rings is 1. The first kappa shape index (κ1) is 15.6. The summed E-state index contributed by atoms with van der Waals surface area (Å²) in [5.74, 6) is -0.561. The smallest absolute Gasteiger partial charge is 0.390 e. The number of halogens is 3. The number of rotatable bonds is 3. The van der Waals surface area contributed by atoms with Crippen molar-refractivity contribution in [2.45, 2.75) is 50.4 Å². The van der Waals surface area contributed by atoms with E-state index in [9.17, 15) is 23.1 Å². The average Bonchev–Trinajstić information content (AvgIpc) is 2.24. The third-order valence-corrected chi connectivity index (χ3v) is 4.00. The van der Waals surface area contributed by atoms with Gasteiger partial charge in [-0.1, -0.05) is 0 Å². The molecular formula is C13H21F3N2O2. The molecule has 1 atom stereocenters. The van der Waals surface area contributed by atoms with Gasteiger partial charge in [-0.15, -0.1) is 0 Å². The second-order valence-electron chi connectivity index (χ2n) is 6.30. The second kappa shape index (κ2) is 5.52. The topological polar surface area (TPSA) is 52.6 Å². The van der Waals surface area contributed by atoms with Crippen LogP contribution in [0.2, 0.25) is 0 Å². The molecule has 4 nitrogen and oxygen atoms in total. The van der Waals surface area contributed by atoms with Gasteiger partial charge in [-0.2, -0.15) is 13.2 Å². The maximum Gasteiger partial charge on any atom is 0.401 e. The van der Waals surface area contributed by atoms with Gasteiger partial charge in [0.25, 0.3) is 0 Å². The Morgan fingerprint density at radius 3 is 2.65 bits per heavy atom. The normalized spacial score (nSPS) is 35.5. The summed E-state index contributed by atoms with van der Waals surface area (Å²) in [6.45, 7) is 1.31. The van der Waals surface area contributed by atoms with Gasteiger partial charge in [-0.3, -0.25) is 9.69 Å². The molecule has 0 aromatic rings. The highest BCUT2D eigenvalue weighted by Crippen LogP contribution is 2.32. The number of carbonyl (C=O) groups excluding carboxylic acids is 1. The first-order valence-electron chi connectivity index (χ1n) is 6.96. The summed E-state index contributed by atoms with van der Waals surface area (Å²) >= 11 is 0. The molecule has 0 aromatic carbocycles. The quantitative estimate of drug-likeness (QED) is 0.825. The van der Waals surface area contributed by atoms with E-state index in [1.165, 1.54) is 4.90 Å². The minimum atomic E-state index is -4.22. The van der Waals surface area contributed by atoms with Gasteiger partial charge in [0.15, 0.2) is 0 Å². The fraction of sp³-hybridized carbons (Fsp3) is 0.923. The Kier molecular flexibility index (Phi) is 4.30. The first-order valence-corrected chi connectivity index (χ1v) is 6.96. The molecule has 2 fully saturated rings. The van der Waals surface area contributed by atoms with Crippen molar-refractivity contribution in [3.8, 4) is 0 Å². The number of likely N-dealkylation sites (tertiary alicyclic amines) is 1. The van der Waals surface area contributed by atoms with Gasteiger partial charge < -0.3 is 10.4 Å². The van der Waals surface area contributed by atoms with Crippen molar-refractivity contribution < 1.29 is 23.1 Å². The van der Waals surface area contributed by atoms with Crippen molar-refractivity contribution in [2.24, 2.45) is 5.92 Å². The van der Waals surface area contributed by atoms with Crippen molar-refractivity contribution in [3.05, 3.63) is 0 Å². The van der Waals surface area contributed by atoms with E-state index in [1.807, 2.05) is 0 Å². The standard InChI is InChI=1S/C13H21F3N2O2/c1-12(20)5-10(6-12)17-11(19)9-3-2-4-18(7-9)8-13(14,15)16/h9-10,20H,2-8H2,1H3,(H,17,19). The predicted octanol–water partition coefficient (Wildman–Crippen LogP) is 1.29. The van der Waals surface area contributed by atoms with Crippen LogP contribution in [0.5, 0.6) is 0 Å². The Hall–Kier alpha value is -0.820. The third-order valence-electron chi connectivity index (χ3n) is 4.00. The van der Waals surface area contributed by atoms with Crippen LogP contribution in [0.4, 0.5) is 13.2 Å². The van der Waals surface area contributed by atoms with Crippen molar-refractivity contribution >= 4 is 5.91 Å². The lowest BCUT2D eigenvalue weighted by atomic mass is 9.77. The van der Waals surface area contributed by atoms with Gasteiger partial charge in [-0.05, 0) is 39.2 Å². The van der Waals surface area contributed by atoms with E-state index in [4.69, 9.17) is 0 Å². The fourth-order valence-corrected chi connectivity index (χ4v) is 3.09. The van der Waals surface area contributed by atoms with E-state index in [0.717, 1.165) is 0 Å². The highest BCUT2D eigenvalue weighted by atomic mass is 19.4. The molecule has 1 saturated carbocycles. The Morgan fingerprint density at radius 2 is 2.10 bits per heavy atom. The molecule has 1 heterocycles. The van der Waals surface area contributed by atoms with E-state index < -0.39 is 18.3 Å². The van der Waals surface area contributed by atoms with Crippen molar-refractivity contribution in [2.75, 3.05) is 19.6 Å². The number of nitrogens with one attached hydrogen (secondary N) is 1. The molecule has 0 aromatic heterocycles. The molecule has 2 rings (SSSR count). The minimum absolute atomic E-state index is 0.0458. The lowest BCUT2D eigenvalue weighted by Gasteiger charge is -2.42. The molecule has 1 aliphatic carbocycles. The van der Waals surface area contributed by atoms with Gasteiger partial charge in [0.1, 0.15) is 0 Å². The van der Waals surface area contributed by atoms with Gasteiger partial charge >= 0.3 is 6.18 Å². The molecule has 0 bridgehead atoms. The summed E-state index contributed by atoms with van der Waals surface area (Å²) < 4.78 is 37.1. The van der Waals surface area contributed by atoms with Crippen LogP contribution in [-0.2, 0) is 4.79 Å². The van der Waals surface area contributed by atoms with Crippen molar-refractivity contribution in [1.29, 1.82) is 0 Å². The summed E-state index contributed by atoms with van der Waals surface area (Å²) in [6.07, 6.45) is -1.96. The zero-order valence-corrected chi connectivity index (χ0v) is 11.5. The number of aliphatic hydroxyl groups is 1. The summed E-state index contributed by atoms with van der Waals surface area (Å²) in [7, 11) is 0. The highest BCUT2D eigenvalue weighted by molar-refractivity contribution is 5.79. The number of nitrogens with zero attached hydrogens (tertiary/aromatic N) is 1.